The van der Waals surface area contributed by atoms with Gasteiger partial charge >= 0.3 is 0 Å². The minimum atomic E-state index is -0.268. The van der Waals surface area contributed by atoms with Gasteiger partial charge in [-0.1, -0.05) is 25.4 Å². The van der Waals surface area contributed by atoms with Crippen LogP contribution in [-0.4, -0.2) is 17.6 Å². The van der Waals surface area contributed by atoms with E-state index in [0.29, 0.717) is 13.2 Å². The lowest BCUT2D eigenvalue weighted by molar-refractivity contribution is 0.101. The quantitative estimate of drug-likeness (QED) is 0.246. The van der Waals surface area contributed by atoms with Crippen LogP contribution >= 0.6 is 0 Å². The Kier molecular flexibility index (Phi) is 5.71. The molecular formula is C13H22N2O3. The number of unbranched alkanes of at least 4 members (excludes halogenated alkanes) is 1. The average Bonchev–Trinajstić information content (AvgIpc) is 2.85. The molecule has 5 heteroatoms. The normalized spacial score (nSPS) is 12.9. The molecule has 0 amide bonds. The fourth-order valence-corrected chi connectivity index (χ4v) is 1.60. The summed E-state index contributed by atoms with van der Waals surface area (Å²) >= 11 is 0. The van der Waals surface area contributed by atoms with Crippen molar-refractivity contribution in [2.24, 2.45) is 16.3 Å². The zero-order valence-electron chi connectivity index (χ0n) is 11.1. The first kappa shape index (κ1) is 14.6. The summed E-state index contributed by atoms with van der Waals surface area (Å²) in [5.41, 5.74) is 5.34. The van der Waals surface area contributed by atoms with Crippen LogP contribution in [0.25, 0.3) is 0 Å². The molecule has 0 aliphatic carbocycles. The molecule has 0 spiro atoms. The van der Waals surface area contributed by atoms with Crippen molar-refractivity contribution in [3.05, 3.63) is 24.2 Å². The van der Waals surface area contributed by atoms with Gasteiger partial charge in [0.2, 0.25) is 0 Å². The molecule has 0 atom stereocenters. The maximum Gasteiger partial charge on any atom is 0.144 e. The second-order valence-electron chi connectivity index (χ2n) is 4.96. The maximum atomic E-state index is 8.64. The van der Waals surface area contributed by atoms with Gasteiger partial charge in [-0.05, 0) is 25.0 Å². The fourth-order valence-electron chi connectivity index (χ4n) is 1.60. The smallest absolute Gasteiger partial charge is 0.144 e. The van der Waals surface area contributed by atoms with Crippen molar-refractivity contribution < 1.29 is 14.4 Å². The van der Waals surface area contributed by atoms with Crippen LogP contribution in [0.3, 0.4) is 0 Å². The van der Waals surface area contributed by atoms with Crippen molar-refractivity contribution in [1.29, 1.82) is 0 Å². The molecule has 0 aliphatic rings. The molecule has 1 rings (SSSR count). The SMILES string of the molecule is CC(C)(CCCCOCc1ccco1)/C(N)=N/O. The van der Waals surface area contributed by atoms with E-state index in [2.05, 4.69) is 5.16 Å². The van der Waals surface area contributed by atoms with Gasteiger partial charge in [-0.2, -0.15) is 0 Å². The highest BCUT2D eigenvalue weighted by Crippen LogP contribution is 2.23. The zero-order valence-corrected chi connectivity index (χ0v) is 11.1. The van der Waals surface area contributed by atoms with Gasteiger partial charge in [0.25, 0.3) is 0 Å². The Morgan fingerprint density at radius 1 is 1.50 bits per heavy atom. The van der Waals surface area contributed by atoms with Crippen molar-refractivity contribution >= 4 is 5.84 Å². The largest absolute Gasteiger partial charge is 0.467 e. The Bertz CT molecular complexity index is 358. The summed E-state index contributed by atoms with van der Waals surface area (Å²) in [5, 5.41) is 11.7. The lowest BCUT2D eigenvalue weighted by Gasteiger charge is -2.22. The van der Waals surface area contributed by atoms with Gasteiger partial charge in [0, 0.05) is 12.0 Å². The van der Waals surface area contributed by atoms with Gasteiger partial charge < -0.3 is 20.1 Å². The lowest BCUT2D eigenvalue weighted by atomic mass is 9.86. The summed E-state index contributed by atoms with van der Waals surface area (Å²) in [6.07, 6.45) is 4.43. The predicted molar refractivity (Wildman–Crippen MR) is 69.4 cm³/mol. The minimum Gasteiger partial charge on any atom is -0.467 e. The molecule has 0 unspecified atom stereocenters. The molecule has 5 nitrogen and oxygen atoms in total. The summed E-state index contributed by atoms with van der Waals surface area (Å²) in [6.45, 7) is 5.13. The Morgan fingerprint density at radius 3 is 2.89 bits per heavy atom. The van der Waals surface area contributed by atoms with Crippen molar-refractivity contribution in [3.63, 3.8) is 0 Å². The molecule has 0 aliphatic heterocycles. The summed E-state index contributed by atoms with van der Waals surface area (Å²) < 4.78 is 10.6. The van der Waals surface area contributed by atoms with Gasteiger partial charge in [0.1, 0.15) is 18.2 Å². The summed E-state index contributed by atoms with van der Waals surface area (Å²) in [4.78, 5) is 0. The van der Waals surface area contributed by atoms with E-state index in [1.165, 1.54) is 0 Å². The summed E-state index contributed by atoms with van der Waals surface area (Å²) in [5.74, 6) is 1.12. The van der Waals surface area contributed by atoms with Crippen molar-refractivity contribution in [2.45, 2.75) is 39.7 Å². The summed E-state index contributed by atoms with van der Waals surface area (Å²) in [7, 11) is 0. The topological polar surface area (TPSA) is 81.0 Å². The third kappa shape index (κ3) is 4.79. The highest BCUT2D eigenvalue weighted by Gasteiger charge is 2.22. The fraction of sp³-hybridized carbons (Fsp3) is 0.615. The van der Waals surface area contributed by atoms with E-state index in [1.807, 2.05) is 26.0 Å². The van der Waals surface area contributed by atoms with Crippen LogP contribution in [0.15, 0.2) is 28.0 Å². The third-order valence-corrected chi connectivity index (χ3v) is 2.97. The van der Waals surface area contributed by atoms with Gasteiger partial charge in [0.15, 0.2) is 0 Å². The van der Waals surface area contributed by atoms with E-state index in [0.717, 1.165) is 25.0 Å². The number of rotatable bonds is 8. The van der Waals surface area contributed by atoms with Crippen molar-refractivity contribution in [3.8, 4) is 0 Å². The number of amidine groups is 1. The van der Waals surface area contributed by atoms with Crippen molar-refractivity contribution in [1.82, 2.24) is 0 Å². The number of hydrogen-bond acceptors (Lipinski definition) is 4. The molecule has 3 N–H and O–H groups in total. The van der Waals surface area contributed by atoms with E-state index in [4.69, 9.17) is 20.1 Å². The average molecular weight is 254 g/mol. The standard InChI is InChI=1S/C13H22N2O3/c1-13(2,12(14)15-16)7-3-4-8-17-10-11-6-5-9-18-11/h5-6,9,16H,3-4,7-8,10H2,1-2H3,(H2,14,15). The minimum absolute atomic E-state index is 0.268. The predicted octanol–water partition coefficient (Wildman–Crippen LogP) is 2.74. The van der Waals surface area contributed by atoms with Gasteiger partial charge in [-0.15, -0.1) is 0 Å². The number of furan rings is 1. The molecule has 1 heterocycles. The highest BCUT2D eigenvalue weighted by atomic mass is 16.5. The zero-order chi connectivity index (χ0) is 13.4. The first-order chi connectivity index (χ1) is 8.56. The molecule has 102 valence electrons. The van der Waals surface area contributed by atoms with Crippen LogP contribution in [0.5, 0.6) is 0 Å². The lowest BCUT2D eigenvalue weighted by Crippen LogP contribution is -2.31. The van der Waals surface area contributed by atoms with Gasteiger partial charge in [-0.3, -0.25) is 0 Å². The molecule has 0 saturated heterocycles. The van der Waals surface area contributed by atoms with E-state index in [-0.39, 0.29) is 11.3 Å². The Hall–Kier alpha value is -1.49. The van der Waals surface area contributed by atoms with Gasteiger partial charge in [-0.25, -0.2) is 0 Å². The first-order valence-corrected chi connectivity index (χ1v) is 6.14. The highest BCUT2D eigenvalue weighted by molar-refractivity contribution is 5.85. The van der Waals surface area contributed by atoms with E-state index >= 15 is 0 Å². The first-order valence-electron chi connectivity index (χ1n) is 6.14. The molecule has 1 aromatic heterocycles. The monoisotopic (exact) mass is 254 g/mol. The number of nitrogens with zero attached hydrogens (tertiary/aromatic N) is 1. The van der Waals surface area contributed by atoms with E-state index in [9.17, 15) is 0 Å². The summed E-state index contributed by atoms with van der Waals surface area (Å²) in [6, 6.07) is 3.74. The second kappa shape index (κ2) is 7.06. The maximum absolute atomic E-state index is 8.64. The molecule has 0 saturated carbocycles. The van der Waals surface area contributed by atoms with Crippen LogP contribution in [0.4, 0.5) is 0 Å². The molecule has 18 heavy (non-hydrogen) atoms. The second-order valence-corrected chi connectivity index (χ2v) is 4.96. The van der Waals surface area contributed by atoms with Crippen LogP contribution in [-0.2, 0) is 11.3 Å². The number of ether oxygens (including phenoxy) is 1. The van der Waals surface area contributed by atoms with Crippen LogP contribution < -0.4 is 5.73 Å². The van der Waals surface area contributed by atoms with E-state index < -0.39 is 0 Å². The van der Waals surface area contributed by atoms with Crippen molar-refractivity contribution in [2.75, 3.05) is 6.61 Å². The third-order valence-electron chi connectivity index (χ3n) is 2.97. The van der Waals surface area contributed by atoms with Crippen LogP contribution in [0.2, 0.25) is 0 Å². The Labute approximate surface area is 108 Å². The van der Waals surface area contributed by atoms with Gasteiger partial charge in [0.05, 0.1) is 6.26 Å². The number of hydrogen-bond donors (Lipinski definition) is 2. The molecule has 0 fully saturated rings. The van der Waals surface area contributed by atoms with Crippen LogP contribution in [0.1, 0.15) is 38.9 Å². The van der Waals surface area contributed by atoms with E-state index in [1.54, 1.807) is 6.26 Å². The Balaban J connectivity index is 2.08. The molecule has 0 radical (unpaired) electrons. The molecular weight excluding hydrogens is 232 g/mol. The Morgan fingerprint density at radius 2 is 2.28 bits per heavy atom. The molecule has 0 aromatic carbocycles. The molecule has 0 bridgehead atoms. The number of nitrogens with two attached hydrogens (primary N) is 1. The number of oxime groups is 1. The molecule has 1 aromatic rings. The van der Waals surface area contributed by atoms with Crippen LogP contribution in [0, 0.1) is 5.41 Å².